The highest BCUT2D eigenvalue weighted by molar-refractivity contribution is 5.27. The first-order valence-electron chi connectivity index (χ1n) is 7.87. The average Bonchev–Trinajstić information content (AvgIpc) is 2.46. The van der Waals surface area contributed by atoms with Gasteiger partial charge in [0.15, 0.2) is 0 Å². The van der Waals surface area contributed by atoms with Crippen molar-refractivity contribution >= 4 is 0 Å². The van der Waals surface area contributed by atoms with Crippen molar-refractivity contribution in [3.05, 3.63) is 35.4 Å². The summed E-state index contributed by atoms with van der Waals surface area (Å²) in [6.07, 6.45) is 2.65. The van der Waals surface area contributed by atoms with E-state index in [0.29, 0.717) is 6.04 Å². The molecule has 0 amide bonds. The summed E-state index contributed by atoms with van der Waals surface area (Å²) in [6.45, 7) is 7.67. The van der Waals surface area contributed by atoms with Crippen molar-refractivity contribution < 1.29 is 0 Å². The molecule has 20 heavy (non-hydrogen) atoms. The third-order valence-corrected chi connectivity index (χ3v) is 4.33. The average molecular weight is 275 g/mol. The van der Waals surface area contributed by atoms with E-state index in [1.165, 1.54) is 37.1 Å². The van der Waals surface area contributed by atoms with Crippen LogP contribution in [0.1, 0.15) is 30.9 Å². The summed E-state index contributed by atoms with van der Waals surface area (Å²) in [4.78, 5) is 4.98. The highest BCUT2D eigenvalue weighted by atomic mass is 15.2. The SMILES string of the molecule is CCNCc1ccccc1CN(C)C1CCCN(C)C1. The fourth-order valence-electron chi connectivity index (χ4n) is 3.04. The number of likely N-dealkylation sites (tertiary alicyclic amines) is 1. The Kier molecular flexibility index (Phi) is 6.02. The minimum Gasteiger partial charge on any atom is -0.313 e. The Bertz CT molecular complexity index is 405. The van der Waals surface area contributed by atoms with Crippen LogP contribution < -0.4 is 5.32 Å². The molecule has 112 valence electrons. The van der Waals surface area contributed by atoms with Crippen molar-refractivity contribution in [1.29, 1.82) is 0 Å². The van der Waals surface area contributed by atoms with Crippen molar-refractivity contribution in [2.75, 3.05) is 33.7 Å². The Morgan fingerprint density at radius 2 is 2.05 bits per heavy atom. The van der Waals surface area contributed by atoms with Crippen LogP contribution >= 0.6 is 0 Å². The van der Waals surface area contributed by atoms with Gasteiger partial charge in [-0.15, -0.1) is 0 Å². The molecule has 0 spiro atoms. The van der Waals surface area contributed by atoms with Gasteiger partial charge in [0, 0.05) is 25.7 Å². The van der Waals surface area contributed by atoms with E-state index in [1.54, 1.807) is 0 Å². The summed E-state index contributed by atoms with van der Waals surface area (Å²) >= 11 is 0. The Balaban J connectivity index is 1.97. The number of nitrogens with one attached hydrogen (secondary N) is 1. The van der Waals surface area contributed by atoms with Crippen LogP contribution in [0, 0.1) is 0 Å². The van der Waals surface area contributed by atoms with E-state index in [-0.39, 0.29) is 0 Å². The lowest BCUT2D eigenvalue weighted by Crippen LogP contribution is -2.44. The summed E-state index contributed by atoms with van der Waals surface area (Å²) < 4.78 is 0. The Hall–Kier alpha value is -0.900. The topological polar surface area (TPSA) is 18.5 Å². The number of rotatable bonds is 6. The molecule has 0 saturated carbocycles. The summed E-state index contributed by atoms with van der Waals surface area (Å²) in [5.41, 5.74) is 2.90. The van der Waals surface area contributed by atoms with Crippen LogP contribution in [0.3, 0.4) is 0 Å². The van der Waals surface area contributed by atoms with Crippen LogP contribution in [-0.2, 0) is 13.1 Å². The molecule has 3 nitrogen and oxygen atoms in total. The normalized spacial score (nSPS) is 20.5. The smallest absolute Gasteiger partial charge is 0.0237 e. The number of piperidine rings is 1. The molecule has 1 aliphatic heterocycles. The minimum atomic E-state index is 0.695. The van der Waals surface area contributed by atoms with Gasteiger partial charge in [-0.25, -0.2) is 0 Å². The third kappa shape index (κ3) is 4.30. The molecule has 3 heteroatoms. The number of likely N-dealkylation sites (N-methyl/N-ethyl adjacent to an activating group) is 2. The van der Waals surface area contributed by atoms with Crippen LogP contribution in [0.25, 0.3) is 0 Å². The molecule has 2 rings (SSSR count). The summed E-state index contributed by atoms with van der Waals surface area (Å²) in [5.74, 6) is 0. The molecule has 0 bridgehead atoms. The molecule has 1 fully saturated rings. The fourth-order valence-corrected chi connectivity index (χ4v) is 3.04. The van der Waals surface area contributed by atoms with Gasteiger partial charge in [-0.1, -0.05) is 31.2 Å². The zero-order chi connectivity index (χ0) is 14.4. The van der Waals surface area contributed by atoms with Gasteiger partial charge >= 0.3 is 0 Å². The quantitative estimate of drug-likeness (QED) is 0.859. The van der Waals surface area contributed by atoms with E-state index in [9.17, 15) is 0 Å². The Morgan fingerprint density at radius 3 is 2.75 bits per heavy atom. The van der Waals surface area contributed by atoms with Gasteiger partial charge in [-0.05, 0) is 51.2 Å². The molecule has 1 heterocycles. The maximum Gasteiger partial charge on any atom is 0.0237 e. The van der Waals surface area contributed by atoms with Gasteiger partial charge in [0.25, 0.3) is 0 Å². The number of hydrogen-bond donors (Lipinski definition) is 1. The molecular weight excluding hydrogens is 246 g/mol. The van der Waals surface area contributed by atoms with Gasteiger partial charge < -0.3 is 10.2 Å². The minimum absolute atomic E-state index is 0.695. The summed E-state index contributed by atoms with van der Waals surface area (Å²) in [6, 6.07) is 9.52. The molecule has 1 unspecified atom stereocenters. The lowest BCUT2D eigenvalue weighted by Gasteiger charge is -2.36. The van der Waals surface area contributed by atoms with Crippen LogP contribution in [0.15, 0.2) is 24.3 Å². The molecule has 1 aliphatic rings. The molecule has 1 atom stereocenters. The van der Waals surface area contributed by atoms with E-state index in [0.717, 1.165) is 19.6 Å². The monoisotopic (exact) mass is 275 g/mol. The maximum atomic E-state index is 3.44. The van der Waals surface area contributed by atoms with Crippen LogP contribution in [-0.4, -0.2) is 49.6 Å². The lowest BCUT2D eigenvalue weighted by atomic mass is 10.0. The number of hydrogen-bond acceptors (Lipinski definition) is 3. The first kappa shape index (κ1) is 15.5. The van der Waals surface area contributed by atoms with E-state index in [1.807, 2.05) is 0 Å². The molecule has 0 radical (unpaired) electrons. The van der Waals surface area contributed by atoms with E-state index in [4.69, 9.17) is 0 Å². The lowest BCUT2D eigenvalue weighted by molar-refractivity contribution is 0.129. The molecule has 1 aromatic rings. The van der Waals surface area contributed by atoms with Crippen molar-refractivity contribution in [3.8, 4) is 0 Å². The van der Waals surface area contributed by atoms with Crippen LogP contribution in [0.4, 0.5) is 0 Å². The van der Waals surface area contributed by atoms with E-state index >= 15 is 0 Å². The molecule has 1 N–H and O–H groups in total. The van der Waals surface area contributed by atoms with Crippen LogP contribution in [0.2, 0.25) is 0 Å². The molecule has 0 aliphatic carbocycles. The van der Waals surface area contributed by atoms with Crippen molar-refractivity contribution in [2.45, 2.75) is 38.9 Å². The highest BCUT2D eigenvalue weighted by Crippen LogP contribution is 2.17. The second-order valence-corrected chi connectivity index (χ2v) is 6.02. The fraction of sp³-hybridized carbons (Fsp3) is 0.647. The van der Waals surface area contributed by atoms with E-state index in [2.05, 4.69) is 60.4 Å². The van der Waals surface area contributed by atoms with Gasteiger partial charge in [0.1, 0.15) is 0 Å². The highest BCUT2D eigenvalue weighted by Gasteiger charge is 2.21. The van der Waals surface area contributed by atoms with Crippen molar-refractivity contribution in [3.63, 3.8) is 0 Å². The molecule has 1 saturated heterocycles. The number of nitrogens with zero attached hydrogens (tertiary/aromatic N) is 2. The second-order valence-electron chi connectivity index (χ2n) is 6.02. The van der Waals surface area contributed by atoms with Gasteiger partial charge in [-0.3, -0.25) is 4.90 Å². The summed E-state index contributed by atoms with van der Waals surface area (Å²) in [7, 11) is 4.51. The van der Waals surface area contributed by atoms with Gasteiger partial charge in [-0.2, -0.15) is 0 Å². The van der Waals surface area contributed by atoms with Crippen LogP contribution in [0.5, 0.6) is 0 Å². The first-order valence-corrected chi connectivity index (χ1v) is 7.87. The van der Waals surface area contributed by atoms with Crippen molar-refractivity contribution in [1.82, 2.24) is 15.1 Å². The molecule has 0 aromatic heterocycles. The predicted molar refractivity (Wildman–Crippen MR) is 85.8 cm³/mol. The third-order valence-electron chi connectivity index (χ3n) is 4.33. The van der Waals surface area contributed by atoms with Gasteiger partial charge in [0.2, 0.25) is 0 Å². The van der Waals surface area contributed by atoms with Gasteiger partial charge in [0.05, 0.1) is 0 Å². The largest absolute Gasteiger partial charge is 0.313 e. The van der Waals surface area contributed by atoms with E-state index < -0.39 is 0 Å². The van der Waals surface area contributed by atoms with Crippen molar-refractivity contribution in [2.24, 2.45) is 0 Å². The first-order chi connectivity index (χ1) is 9.70. The maximum absolute atomic E-state index is 3.44. The zero-order valence-electron chi connectivity index (χ0n) is 13.2. The molecule has 1 aromatic carbocycles. The number of benzene rings is 1. The standard InChI is InChI=1S/C17H29N3/c1-4-18-12-15-8-5-6-9-16(15)13-20(3)17-10-7-11-19(2)14-17/h5-6,8-9,17-18H,4,7,10-14H2,1-3H3. The zero-order valence-corrected chi connectivity index (χ0v) is 13.2. The Morgan fingerprint density at radius 1 is 1.30 bits per heavy atom. The summed E-state index contributed by atoms with van der Waals surface area (Å²) in [5, 5.41) is 3.44. The predicted octanol–water partition coefficient (Wildman–Crippen LogP) is 2.32. The second kappa shape index (κ2) is 7.77. The Labute approximate surface area is 124 Å². The molecular formula is C17H29N3.